The first-order valence-electron chi connectivity index (χ1n) is 7.21. The van der Waals surface area contributed by atoms with Gasteiger partial charge in [0.05, 0.1) is 18.3 Å². The molecule has 1 N–H and O–H groups in total. The van der Waals surface area contributed by atoms with Crippen molar-refractivity contribution in [2.24, 2.45) is 0 Å². The van der Waals surface area contributed by atoms with E-state index in [1.807, 2.05) is 38.1 Å². The molecular weight excluding hydrogens is 240 g/mol. The highest BCUT2D eigenvalue weighted by Crippen LogP contribution is 2.26. The van der Waals surface area contributed by atoms with Crippen molar-refractivity contribution in [2.45, 2.75) is 57.8 Å². The van der Waals surface area contributed by atoms with Gasteiger partial charge in [-0.1, -0.05) is 12.1 Å². The SMILES string of the molecule is CC(C)Oc1ccc(C(O)CC2CCCCO2)cc1. The van der Waals surface area contributed by atoms with Crippen LogP contribution in [0.4, 0.5) is 0 Å². The highest BCUT2D eigenvalue weighted by molar-refractivity contribution is 5.28. The predicted octanol–water partition coefficient (Wildman–Crippen LogP) is 3.47. The number of benzene rings is 1. The van der Waals surface area contributed by atoms with E-state index in [2.05, 4.69) is 0 Å². The molecule has 1 saturated heterocycles. The molecule has 2 rings (SSSR count). The highest BCUT2D eigenvalue weighted by Gasteiger charge is 2.19. The molecule has 1 aromatic rings. The number of aliphatic hydroxyl groups excluding tert-OH is 1. The molecule has 0 aromatic heterocycles. The van der Waals surface area contributed by atoms with Gasteiger partial charge in [-0.05, 0) is 50.8 Å². The molecule has 0 saturated carbocycles. The number of rotatable bonds is 5. The fourth-order valence-corrected chi connectivity index (χ4v) is 2.42. The fraction of sp³-hybridized carbons (Fsp3) is 0.625. The van der Waals surface area contributed by atoms with Gasteiger partial charge in [-0.15, -0.1) is 0 Å². The van der Waals surface area contributed by atoms with Gasteiger partial charge < -0.3 is 14.6 Å². The van der Waals surface area contributed by atoms with Crippen LogP contribution in [0.1, 0.15) is 51.2 Å². The van der Waals surface area contributed by atoms with E-state index in [-0.39, 0.29) is 12.2 Å². The van der Waals surface area contributed by atoms with E-state index in [9.17, 15) is 5.11 Å². The Hall–Kier alpha value is -1.06. The number of hydrogen-bond acceptors (Lipinski definition) is 3. The highest BCUT2D eigenvalue weighted by atomic mass is 16.5. The van der Waals surface area contributed by atoms with Crippen LogP contribution in [-0.2, 0) is 4.74 Å². The van der Waals surface area contributed by atoms with Crippen molar-refractivity contribution in [3.63, 3.8) is 0 Å². The van der Waals surface area contributed by atoms with Crippen LogP contribution >= 0.6 is 0 Å². The van der Waals surface area contributed by atoms with Gasteiger partial charge in [0, 0.05) is 13.0 Å². The number of hydrogen-bond donors (Lipinski definition) is 1. The van der Waals surface area contributed by atoms with Crippen LogP contribution < -0.4 is 4.74 Å². The lowest BCUT2D eigenvalue weighted by molar-refractivity contribution is -0.0155. The van der Waals surface area contributed by atoms with E-state index < -0.39 is 6.10 Å². The van der Waals surface area contributed by atoms with Crippen LogP contribution in [0.25, 0.3) is 0 Å². The summed E-state index contributed by atoms with van der Waals surface area (Å²) in [6.07, 6.45) is 4.03. The van der Waals surface area contributed by atoms with Gasteiger partial charge >= 0.3 is 0 Å². The van der Waals surface area contributed by atoms with Crippen molar-refractivity contribution in [1.29, 1.82) is 0 Å². The van der Waals surface area contributed by atoms with Crippen molar-refractivity contribution in [2.75, 3.05) is 6.61 Å². The molecule has 0 radical (unpaired) electrons. The summed E-state index contributed by atoms with van der Waals surface area (Å²) < 4.78 is 11.3. The minimum atomic E-state index is -0.448. The van der Waals surface area contributed by atoms with Crippen LogP contribution in [0.15, 0.2) is 24.3 Å². The van der Waals surface area contributed by atoms with Gasteiger partial charge in [-0.2, -0.15) is 0 Å². The van der Waals surface area contributed by atoms with Gasteiger partial charge in [0.2, 0.25) is 0 Å². The van der Waals surface area contributed by atoms with E-state index in [1.54, 1.807) is 0 Å². The van der Waals surface area contributed by atoms with Crippen molar-refractivity contribution in [1.82, 2.24) is 0 Å². The molecule has 3 heteroatoms. The van der Waals surface area contributed by atoms with Crippen molar-refractivity contribution >= 4 is 0 Å². The molecule has 0 amide bonds. The van der Waals surface area contributed by atoms with Crippen LogP contribution in [0.3, 0.4) is 0 Å². The topological polar surface area (TPSA) is 38.7 Å². The maximum Gasteiger partial charge on any atom is 0.119 e. The van der Waals surface area contributed by atoms with Gasteiger partial charge in [0.15, 0.2) is 0 Å². The smallest absolute Gasteiger partial charge is 0.119 e. The molecular formula is C16H24O3. The zero-order chi connectivity index (χ0) is 13.7. The van der Waals surface area contributed by atoms with E-state index in [0.717, 1.165) is 30.8 Å². The maximum absolute atomic E-state index is 10.2. The number of ether oxygens (including phenoxy) is 2. The zero-order valence-corrected chi connectivity index (χ0v) is 11.8. The lowest BCUT2D eigenvalue weighted by Gasteiger charge is -2.25. The molecule has 0 aliphatic carbocycles. The molecule has 3 nitrogen and oxygen atoms in total. The minimum Gasteiger partial charge on any atom is -0.491 e. The summed E-state index contributed by atoms with van der Waals surface area (Å²) in [5, 5.41) is 10.2. The molecule has 106 valence electrons. The first-order valence-corrected chi connectivity index (χ1v) is 7.21. The third-order valence-electron chi connectivity index (χ3n) is 3.40. The molecule has 1 heterocycles. The molecule has 1 aliphatic heterocycles. The Labute approximate surface area is 115 Å². The summed E-state index contributed by atoms with van der Waals surface area (Å²) in [5.74, 6) is 0.847. The lowest BCUT2D eigenvalue weighted by Crippen LogP contribution is -2.21. The molecule has 1 aromatic carbocycles. The molecule has 2 atom stereocenters. The minimum absolute atomic E-state index is 0.173. The summed E-state index contributed by atoms with van der Waals surface area (Å²) in [6.45, 7) is 4.84. The van der Waals surface area contributed by atoms with Gasteiger partial charge in [0.25, 0.3) is 0 Å². The Balaban J connectivity index is 1.89. The van der Waals surface area contributed by atoms with Crippen LogP contribution in [0.2, 0.25) is 0 Å². The second-order valence-electron chi connectivity index (χ2n) is 5.48. The average Bonchev–Trinajstić information content (AvgIpc) is 2.40. The molecule has 1 aliphatic rings. The third kappa shape index (κ3) is 4.51. The Morgan fingerprint density at radius 1 is 1.26 bits per heavy atom. The Morgan fingerprint density at radius 3 is 2.58 bits per heavy atom. The van der Waals surface area contributed by atoms with Crippen molar-refractivity contribution in [3.05, 3.63) is 29.8 Å². The summed E-state index contributed by atoms with van der Waals surface area (Å²) in [5.41, 5.74) is 0.935. The maximum atomic E-state index is 10.2. The largest absolute Gasteiger partial charge is 0.491 e. The second kappa shape index (κ2) is 6.92. The van der Waals surface area contributed by atoms with E-state index in [4.69, 9.17) is 9.47 Å². The number of aliphatic hydroxyl groups is 1. The summed E-state index contributed by atoms with van der Waals surface area (Å²) in [6, 6.07) is 7.71. The Morgan fingerprint density at radius 2 is 2.00 bits per heavy atom. The monoisotopic (exact) mass is 264 g/mol. The average molecular weight is 264 g/mol. The summed E-state index contributed by atoms with van der Waals surface area (Å²) in [4.78, 5) is 0. The molecule has 0 bridgehead atoms. The lowest BCUT2D eigenvalue weighted by atomic mass is 9.99. The van der Waals surface area contributed by atoms with Crippen LogP contribution in [0, 0.1) is 0 Å². The van der Waals surface area contributed by atoms with Crippen molar-refractivity contribution in [3.8, 4) is 5.75 Å². The normalized spacial score (nSPS) is 21.4. The second-order valence-corrected chi connectivity index (χ2v) is 5.48. The first kappa shape index (κ1) is 14.4. The van der Waals surface area contributed by atoms with E-state index >= 15 is 0 Å². The molecule has 19 heavy (non-hydrogen) atoms. The van der Waals surface area contributed by atoms with Gasteiger partial charge in [-0.25, -0.2) is 0 Å². The van der Waals surface area contributed by atoms with Crippen LogP contribution in [-0.4, -0.2) is 23.9 Å². The quantitative estimate of drug-likeness (QED) is 0.885. The van der Waals surface area contributed by atoms with E-state index in [0.29, 0.717) is 6.42 Å². The van der Waals surface area contributed by atoms with Crippen LogP contribution in [0.5, 0.6) is 5.75 Å². The molecule has 2 unspecified atom stereocenters. The molecule has 1 fully saturated rings. The first-order chi connectivity index (χ1) is 9.15. The predicted molar refractivity (Wildman–Crippen MR) is 75.4 cm³/mol. The fourth-order valence-electron chi connectivity index (χ4n) is 2.42. The third-order valence-corrected chi connectivity index (χ3v) is 3.40. The summed E-state index contributed by atoms with van der Waals surface area (Å²) in [7, 11) is 0. The van der Waals surface area contributed by atoms with Crippen molar-refractivity contribution < 1.29 is 14.6 Å². The molecule has 0 spiro atoms. The van der Waals surface area contributed by atoms with Gasteiger partial charge in [0.1, 0.15) is 5.75 Å². The Bertz CT molecular complexity index is 366. The Kier molecular flexibility index (Phi) is 5.23. The van der Waals surface area contributed by atoms with Gasteiger partial charge in [-0.3, -0.25) is 0 Å². The standard InChI is InChI=1S/C16H24O3/c1-12(2)19-14-8-6-13(7-9-14)16(17)11-15-5-3-4-10-18-15/h6-9,12,15-17H,3-5,10-11H2,1-2H3. The summed E-state index contributed by atoms with van der Waals surface area (Å²) >= 11 is 0. The van der Waals surface area contributed by atoms with E-state index in [1.165, 1.54) is 6.42 Å². The zero-order valence-electron chi connectivity index (χ0n) is 11.8.